The summed E-state index contributed by atoms with van der Waals surface area (Å²) in [5.74, 6) is 0.183. The Kier molecular flexibility index (Phi) is 6.57. The van der Waals surface area contributed by atoms with Crippen LogP contribution < -0.4 is 4.74 Å². The molecule has 0 saturated heterocycles. The molecule has 0 atom stereocenters. The maximum atomic E-state index is 12.0. The molecule has 1 rings (SSSR count). The average Bonchev–Trinajstić information content (AvgIpc) is 2.38. The Hall–Kier alpha value is -2.03. The molecule has 0 saturated carbocycles. The van der Waals surface area contributed by atoms with Crippen LogP contribution in [0.4, 0.5) is 0 Å². The van der Waals surface area contributed by atoms with Gasteiger partial charge in [0.25, 0.3) is 0 Å². The third-order valence-corrected chi connectivity index (χ3v) is 2.54. The SMILES string of the molecule is CC(C)=CCOC(=O)c1ccccc1OCC=C(C)C. The van der Waals surface area contributed by atoms with Crippen molar-refractivity contribution in [3.8, 4) is 5.75 Å². The minimum Gasteiger partial charge on any atom is -0.489 e. The molecule has 0 aliphatic carbocycles. The van der Waals surface area contributed by atoms with E-state index in [0.29, 0.717) is 17.9 Å². The number of para-hydroxylation sites is 1. The first kappa shape index (κ1) is 16.0. The lowest BCUT2D eigenvalue weighted by atomic mass is 10.2. The van der Waals surface area contributed by atoms with Crippen LogP contribution in [0.2, 0.25) is 0 Å². The van der Waals surface area contributed by atoms with Gasteiger partial charge in [-0.25, -0.2) is 4.79 Å². The van der Waals surface area contributed by atoms with Crippen molar-refractivity contribution in [2.45, 2.75) is 27.7 Å². The Labute approximate surface area is 120 Å². The van der Waals surface area contributed by atoms with E-state index in [-0.39, 0.29) is 12.6 Å². The first-order valence-corrected chi connectivity index (χ1v) is 6.66. The van der Waals surface area contributed by atoms with E-state index in [1.807, 2.05) is 45.9 Å². The average molecular weight is 274 g/mol. The molecule has 0 heterocycles. The highest BCUT2D eigenvalue weighted by atomic mass is 16.5. The molecule has 108 valence electrons. The number of allylic oxidation sites excluding steroid dienone is 2. The van der Waals surface area contributed by atoms with Crippen LogP contribution in [-0.4, -0.2) is 19.2 Å². The standard InChI is InChI=1S/C17H22O3/c1-13(2)9-11-19-16-8-6-5-7-15(16)17(18)20-12-10-14(3)4/h5-10H,11-12H2,1-4H3. The van der Waals surface area contributed by atoms with E-state index < -0.39 is 0 Å². The second-order valence-electron chi connectivity index (χ2n) is 4.97. The van der Waals surface area contributed by atoms with Crippen molar-refractivity contribution in [3.63, 3.8) is 0 Å². The molecule has 0 spiro atoms. The zero-order valence-corrected chi connectivity index (χ0v) is 12.6. The number of rotatable bonds is 6. The first-order valence-electron chi connectivity index (χ1n) is 6.66. The topological polar surface area (TPSA) is 35.5 Å². The van der Waals surface area contributed by atoms with Crippen LogP contribution in [0.3, 0.4) is 0 Å². The summed E-state index contributed by atoms with van der Waals surface area (Å²) >= 11 is 0. The zero-order valence-electron chi connectivity index (χ0n) is 12.6. The molecule has 0 bridgehead atoms. The summed E-state index contributed by atoms with van der Waals surface area (Å²) in [5, 5.41) is 0. The molecule has 0 radical (unpaired) electrons. The Morgan fingerprint density at radius 3 is 2.25 bits per heavy atom. The van der Waals surface area contributed by atoms with Gasteiger partial charge in [-0.15, -0.1) is 0 Å². The van der Waals surface area contributed by atoms with Crippen molar-refractivity contribution < 1.29 is 14.3 Å². The molecular formula is C17H22O3. The van der Waals surface area contributed by atoms with Crippen molar-refractivity contribution in [1.29, 1.82) is 0 Å². The number of carbonyl (C=O) groups excluding carboxylic acids is 1. The minimum atomic E-state index is -0.365. The molecule has 0 fully saturated rings. The molecule has 3 nitrogen and oxygen atoms in total. The van der Waals surface area contributed by atoms with Crippen LogP contribution in [0.5, 0.6) is 5.75 Å². The van der Waals surface area contributed by atoms with Crippen LogP contribution in [0.1, 0.15) is 38.1 Å². The highest BCUT2D eigenvalue weighted by molar-refractivity contribution is 5.92. The summed E-state index contributed by atoms with van der Waals surface area (Å²) in [4.78, 5) is 12.0. The van der Waals surface area contributed by atoms with Crippen molar-refractivity contribution in [2.75, 3.05) is 13.2 Å². The van der Waals surface area contributed by atoms with Gasteiger partial charge < -0.3 is 9.47 Å². The van der Waals surface area contributed by atoms with Crippen molar-refractivity contribution in [2.24, 2.45) is 0 Å². The van der Waals surface area contributed by atoms with E-state index in [9.17, 15) is 4.79 Å². The van der Waals surface area contributed by atoms with Gasteiger partial charge in [-0.3, -0.25) is 0 Å². The fourth-order valence-corrected chi connectivity index (χ4v) is 1.42. The highest BCUT2D eigenvalue weighted by Gasteiger charge is 2.12. The molecule has 0 aromatic heterocycles. The molecule has 1 aromatic carbocycles. The highest BCUT2D eigenvalue weighted by Crippen LogP contribution is 2.19. The number of ether oxygens (including phenoxy) is 2. The predicted octanol–water partition coefficient (Wildman–Crippen LogP) is 4.15. The van der Waals surface area contributed by atoms with E-state index in [0.717, 1.165) is 5.57 Å². The van der Waals surface area contributed by atoms with E-state index in [1.165, 1.54) is 5.57 Å². The number of carbonyl (C=O) groups is 1. The van der Waals surface area contributed by atoms with E-state index in [1.54, 1.807) is 18.2 Å². The Morgan fingerprint density at radius 2 is 1.60 bits per heavy atom. The summed E-state index contributed by atoms with van der Waals surface area (Å²) in [5.41, 5.74) is 2.75. The monoisotopic (exact) mass is 274 g/mol. The molecule has 0 amide bonds. The third kappa shape index (κ3) is 5.74. The molecular weight excluding hydrogens is 252 g/mol. The fraction of sp³-hybridized carbons (Fsp3) is 0.353. The van der Waals surface area contributed by atoms with Crippen molar-refractivity contribution in [1.82, 2.24) is 0 Å². The Bertz CT molecular complexity index is 505. The Morgan fingerprint density at radius 1 is 1.00 bits per heavy atom. The lowest BCUT2D eigenvalue weighted by molar-refractivity contribution is 0.0545. The van der Waals surface area contributed by atoms with Crippen LogP contribution in [0.25, 0.3) is 0 Å². The van der Waals surface area contributed by atoms with E-state index >= 15 is 0 Å². The summed E-state index contributed by atoms with van der Waals surface area (Å²) in [6.45, 7) is 8.66. The van der Waals surface area contributed by atoms with Gasteiger partial charge in [-0.2, -0.15) is 0 Å². The van der Waals surface area contributed by atoms with Crippen LogP contribution in [0, 0.1) is 0 Å². The quantitative estimate of drug-likeness (QED) is 0.577. The van der Waals surface area contributed by atoms with Gasteiger partial charge in [-0.05, 0) is 52.0 Å². The Balaban J connectivity index is 2.71. The van der Waals surface area contributed by atoms with E-state index in [2.05, 4.69) is 0 Å². The number of esters is 1. The lowest BCUT2D eigenvalue weighted by Gasteiger charge is -2.09. The van der Waals surface area contributed by atoms with Crippen molar-refractivity contribution >= 4 is 5.97 Å². The van der Waals surface area contributed by atoms with E-state index in [4.69, 9.17) is 9.47 Å². The van der Waals surface area contributed by atoms with Gasteiger partial charge in [0.1, 0.15) is 24.5 Å². The zero-order chi connectivity index (χ0) is 15.0. The number of hydrogen-bond acceptors (Lipinski definition) is 3. The molecule has 3 heteroatoms. The molecule has 20 heavy (non-hydrogen) atoms. The minimum absolute atomic E-state index is 0.281. The van der Waals surface area contributed by atoms with Crippen LogP contribution in [0.15, 0.2) is 47.6 Å². The largest absolute Gasteiger partial charge is 0.489 e. The number of benzene rings is 1. The lowest BCUT2D eigenvalue weighted by Crippen LogP contribution is -2.08. The predicted molar refractivity (Wildman–Crippen MR) is 81.1 cm³/mol. The van der Waals surface area contributed by atoms with Gasteiger partial charge in [0.05, 0.1) is 0 Å². The maximum Gasteiger partial charge on any atom is 0.342 e. The molecule has 0 N–H and O–H groups in total. The number of hydrogen-bond donors (Lipinski definition) is 0. The second kappa shape index (κ2) is 8.20. The molecule has 0 aliphatic heterocycles. The van der Waals surface area contributed by atoms with Gasteiger partial charge in [0.15, 0.2) is 0 Å². The summed E-state index contributed by atoms with van der Waals surface area (Å²) in [6.07, 6.45) is 3.83. The van der Waals surface area contributed by atoms with Gasteiger partial charge in [-0.1, -0.05) is 23.3 Å². The summed E-state index contributed by atoms with van der Waals surface area (Å²) in [6, 6.07) is 7.12. The summed E-state index contributed by atoms with van der Waals surface area (Å²) in [7, 11) is 0. The van der Waals surface area contributed by atoms with Crippen LogP contribution in [-0.2, 0) is 4.74 Å². The molecule has 1 aromatic rings. The summed E-state index contributed by atoms with van der Waals surface area (Å²) < 4.78 is 10.8. The van der Waals surface area contributed by atoms with Gasteiger partial charge in [0, 0.05) is 0 Å². The van der Waals surface area contributed by atoms with Crippen molar-refractivity contribution in [3.05, 3.63) is 53.1 Å². The smallest absolute Gasteiger partial charge is 0.342 e. The first-order chi connectivity index (χ1) is 9.50. The molecule has 0 aliphatic rings. The van der Waals surface area contributed by atoms with Gasteiger partial charge >= 0.3 is 5.97 Å². The van der Waals surface area contributed by atoms with Gasteiger partial charge in [0.2, 0.25) is 0 Å². The molecule has 0 unspecified atom stereocenters. The fourth-order valence-electron chi connectivity index (χ4n) is 1.42. The maximum absolute atomic E-state index is 12.0. The second-order valence-corrected chi connectivity index (χ2v) is 4.97. The third-order valence-electron chi connectivity index (χ3n) is 2.54. The normalized spacial score (nSPS) is 9.60. The van der Waals surface area contributed by atoms with Crippen LogP contribution >= 0.6 is 0 Å².